The average molecular weight is 383 g/mol. The predicted molar refractivity (Wildman–Crippen MR) is 131 cm³/mol. The summed E-state index contributed by atoms with van der Waals surface area (Å²) in [6.45, 7) is 4.34. The van der Waals surface area contributed by atoms with E-state index in [1.54, 1.807) is 0 Å². The predicted octanol–water partition coefficient (Wildman–Crippen LogP) is 8.58. The van der Waals surface area contributed by atoms with Crippen LogP contribution in [0, 0.1) is 13.8 Å². The quantitative estimate of drug-likeness (QED) is 0.250. The molecule has 6 aromatic rings. The third kappa shape index (κ3) is 2.54. The summed E-state index contributed by atoms with van der Waals surface area (Å²) in [7, 11) is 0. The molecule has 0 unspecified atom stereocenters. The maximum Gasteiger partial charge on any atom is -0.00143 e. The summed E-state index contributed by atoms with van der Waals surface area (Å²) in [5, 5.41) is 10.4. The van der Waals surface area contributed by atoms with Crippen molar-refractivity contribution in [2.45, 2.75) is 13.8 Å². The van der Waals surface area contributed by atoms with Gasteiger partial charge in [-0.3, -0.25) is 0 Å². The molecule has 0 aliphatic carbocycles. The van der Waals surface area contributed by atoms with Crippen LogP contribution in [0.25, 0.3) is 54.2 Å². The van der Waals surface area contributed by atoms with Gasteiger partial charge < -0.3 is 0 Å². The van der Waals surface area contributed by atoms with Gasteiger partial charge in [-0.25, -0.2) is 0 Å². The standard InChI is InChI=1S/C30H22/c1-19-11-13-27-23(15-19)17-21-7-3-5-9-25(21)29(27)30-26-10-6-4-8-22(26)18-24-16-20(2)12-14-28(24)30/h3-18H,1-2H3. The van der Waals surface area contributed by atoms with E-state index in [0.29, 0.717) is 0 Å². The van der Waals surface area contributed by atoms with Crippen LogP contribution in [0.15, 0.2) is 97.1 Å². The Bertz CT molecular complexity index is 1480. The van der Waals surface area contributed by atoms with Gasteiger partial charge in [-0.2, -0.15) is 0 Å². The van der Waals surface area contributed by atoms with Crippen LogP contribution in [-0.4, -0.2) is 0 Å². The zero-order chi connectivity index (χ0) is 20.2. The molecule has 0 saturated heterocycles. The van der Waals surface area contributed by atoms with Gasteiger partial charge in [-0.1, -0.05) is 96.1 Å². The highest BCUT2D eigenvalue weighted by molar-refractivity contribution is 6.23. The van der Waals surface area contributed by atoms with Crippen molar-refractivity contribution in [3.63, 3.8) is 0 Å². The lowest BCUT2D eigenvalue weighted by atomic mass is 9.86. The molecule has 142 valence electrons. The number of benzene rings is 6. The minimum absolute atomic E-state index is 1.29. The summed E-state index contributed by atoms with van der Waals surface area (Å²) in [5.41, 5.74) is 5.27. The van der Waals surface area contributed by atoms with Gasteiger partial charge in [0.15, 0.2) is 0 Å². The molecule has 0 N–H and O–H groups in total. The Hall–Kier alpha value is -3.64. The maximum absolute atomic E-state index is 2.33. The van der Waals surface area contributed by atoms with Crippen molar-refractivity contribution in [1.82, 2.24) is 0 Å². The molecule has 0 bridgehead atoms. The molecule has 0 aliphatic heterocycles. The van der Waals surface area contributed by atoms with Crippen LogP contribution in [0.1, 0.15) is 11.1 Å². The van der Waals surface area contributed by atoms with Gasteiger partial charge >= 0.3 is 0 Å². The van der Waals surface area contributed by atoms with Crippen molar-refractivity contribution in [3.8, 4) is 11.1 Å². The van der Waals surface area contributed by atoms with Gasteiger partial charge in [0, 0.05) is 0 Å². The van der Waals surface area contributed by atoms with E-state index in [1.165, 1.54) is 65.3 Å². The lowest BCUT2D eigenvalue weighted by Crippen LogP contribution is -1.90. The molecule has 0 heterocycles. The Balaban J connectivity index is 1.92. The first-order valence-corrected chi connectivity index (χ1v) is 10.5. The fraction of sp³-hybridized carbons (Fsp3) is 0.0667. The molecule has 0 nitrogen and oxygen atoms in total. The largest absolute Gasteiger partial charge is 0.0616 e. The van der Waals surface area contributed by atoms with Crippen molar-refractivity contribution < 1.29 is 0 Å². The van der Waals surface area contributed by atoms with Gasteiger partial charge in [0.25, 0.3) is 0 Å². The summed E-state index contributed by atoms with van der Waals surface area (Å²) >= 11 is 0. The number of hydrogen-bond acceptors (Lipinski definition) is 0. The van der Waals surface area contributed by atoms with Crippen LogP contribution >= 0.6 is 0 Å². The van der Waals surface area contributed by atoms with Gasteiger partial charge in [-0.15, -0.1) is 0 Å². The van der Waals surface area contributed by atoms with Gasteiger partial charge in [0.05, 0.1) is 0 Å². The SMILES string of the molecule is Cc1ccc2c(-c3c4ccccc4cc4cc(C)ccc34)c3ccccc3cc2c1. The van der Waals surface area contributed by atoms with Crippen molar-refractivity contribution in [3.05, 3.63) is 108 Å². The van der Waals surface area contributed by atoms with Crippen molar-refractivity contribution >= 4 is 43.1 Å². The average Bonchev–Trinajstić information content (AvgIpc) is 2.76. The van der Waals surface area contributed by atoms with Gasteiger partial charge in [0.2, 0.25) is 0 Å². The lowest BCUT2D eigenvalue weighted by Gasteiger charge is -2.17. The van der Waals surface area contributed by atoms with E-state index in [0.717, 1.165) is 0 Å². The van der Waals surface area contributed by atoms with Gasteiger partial charge in [-0.05, 0) is 80.2 Å². The van der Waals surface area contributed by atoms with E-state index < -0.39 is 0 Å². The lowest BCUT2D eigenvalue weighted by molar-refractivity contribution is 1.50. The number of rotatable bonds is 1. The van der Waals surface area contributed by atoms with Crippen LogP contribution in [-0.2, 0) is 0 Å². The summed E-state index contributed by atoms with van der Waals surface area (Å²) in [6.07, 6.45) is 0. The zero-order valence-electron chi connectivity index (χ0n) is 17.2. The number of fused-ring (bicyclic) bond motifs is 4. The first kappa shape index (κ1) is 17.2. The minimum atomic E-state index is 1.29. The molecule has 0 radical (unpaired) electrons. The van der Waals surface area contributed by atoms with Crippen molar-refractivity contribution in [2.24, 2.45) is 0 Å². The van der Waals surface area contributed by atoms with Crippen LogP contribution in [0.2, 0.25) is 0 Å². The second kappa shape index (κ2) is 6.43. The molecular formula is C30H22. The Morgan fingerprint density at radius 2 is 0.767 bits per heavy atom. The molecular weight excluding hydrogens is 360 g/mol. The molecule has 0 aromatic heterocycles. The molecule has 0 spiro atoms. The summed E-state index contributed by atoms with van der Waals surface area (Å²) < 4.78 is 0. The van der Waals surface area contributed by atoms with E-state index in [1.807, 2.05) is 0 Å². The fourth-order valence-electron chi connectivity index (χ4n) is 4.92. The number of aryl methyl sites for hydroxylation is 2. The van der Waals surface area contributed by atoms with E-state index in [9.17, 15) is 0 Å². The monoisotopic (exact) mass is 382 g/mol. The Kier molecular flexibility index (Phi) is 3.70. The van der Waals surface area contributed by atoms with Crippen LogP contribution < -0.4 is 0 Å². The van der Waals surface area contributed by atoms with E-state index in [4.69, 9.17) is 0 Å². The smallest absolute Gasteiger partial charge is 0.00143 e. The number of hydrogen-bond donors (Lipinski definition) is 0. The van der Waals surface area contributed by atoms with Crippen LogP contribution in [0.3, 0.4) is 0 Å². The molecule has 6 aromatic carbocycles. The van der Waals surface area contributed by atoms with Crippen molar-refractivity contribution in [1.29, 1.82) is 0 Å². The van der Waals surface area contributed by atoms with Gasteiger partial charge in [0.1, 0.15) is 0 Å². The molecule has 6 rings (SSSR count). The normalized spacial score (nSPS) is 11.7. The topological polar surface area (TPSA) is 0 Å². The molecule has 0 aliphatic rings. The summed E-state index contributed by atoms with van der Waals surface area (Å²) in [5.74, 6) is 0. The highest BCUT2D eigenvalue weighted by atomic mass is 14.2. The second-order valence-electron chi connectivity index (χ2n) is 8.39. The van der Waals surface area contributed by atoms with E-state index in [-0.39, 0.29) is 0 Å². The maximum atomic E-state index is 2.33. The molecule has 0 amide bonds. The third-order valence-electron chi connectivity index (χ3n) is 6.29. The first-order valence-electron chi connectivity index (χ1n) is 10.5. The molecule has 0 saturated carbocycles. The Morgan fingerprint density at radius 3 is 1.23 bits per heavy atom. The van der Waals surface area contributed by atoms with Crippen LogP contribution in [0.5, 0.6) is 0 Å². The fourth-order valence-corrected chi connectivity index (χ4v) is 4.92. The Labute approximate surface area is 176 Å². The molecule has 0 fully saturated rings. The highest BCUT2D eigenvalue weighted by Crippen LogP contribution is 2.43. The Morgan fingerprint density at radius 1 is 0.367 bits per heavy atom. The molecule has 0 atom stereocenters. The highest BCUT2D eigenvalue weighted by Gasteiger charge is 2.16. The minimum Gasteiger partial charge on any atom is -0.0616 e. The van der Waals surface area contributed by atoms with Crippen molar-refractivity contribution in [2.75, 3.05) is 0 Å². The first-order chi connectivity index (χ1) is 14.7. The summed E-state index contributed by atoms with van der Waals surface area (Å²) in [6, 6.07) is 35.9. The molecule has 30 heavy (non-hydrogen) atoms. The van der Waals surface area contributed by atoms with E-state index in [2.05, 4.69) is 111 Å². The second-order valence-corrected chi connectivity index (χ2v) is 8.39. The van der Waals surface area contributed by atoms with E-state index >= 15 is 0 Å². The zero-order valence-corrected chi connectivity index (χ0v) is 17.2. The van der Waals surface area contributed by atoms with Crippen LogP contribution in [0.4, 0.5) is 0 Å². The molecule has 0 heteroatoms. The third-order valence-corrected chi connectivity index (χ3v) is 6.29. The summed E-state index contributed by atoms with van der Waals surface area (Å²) in [4.78, 5) is 0.